The standard InChI is InChI=1S/C11H10ClN3O2S/c12-10-2-1-3-11(14-10)15-18(16,17)9-6-4-8(13)5-7-9/h1-7H,13H2,(H,14,15). The molecule has 0 saturated carbocycles. The van der Waals surface area contributed by atoms with Crippen molar-refractivity contribution in [3.05, 3.63) is 47.6 Å². The number of nitrogens with one attached hydrogen (secondary N) is 1. The Bertz CT molecular complexity index is 656. The van der Waals surface area contributed by atoms with Gasteiger partial charge in [-0.2, -0.15) is 0 Å². The first kappa shape index (κ1) is 12.7. The van der Waals surface area contributed by atoms with E-state index in [0.29, 0.717) is 5.69 Å². The zero-order chi connectivity index (χ0) is 13.2. The van der Waals surface area contributed by atoms with Gasteiger partial charge in [0, 0.05) is 5.69 Å². The maximum atomic E-state index is 12.0. The van der Waals surface area contributed by atoms with Crippen molar-refractivity contribution in [1.29, 1.82) is 0 Å². The van der Waals surface area contributed by atoms with E-state index >= 15 is 0 Å². The lowest BCUT2D eigenvalue weighted by Gasteiger charge is -2.07. The second-order valence-corrected chi connectivity index (χ2v) is 5.59. The molecule has 0 spiro atoms. The fourth-order valence-electron chi connectivity index (χ4n) is 1.31. The van der Waals surface area contributed by atoms with E-state index in [1.54, 1.807) is 12.1 Å². The number of halogens is 1. The van der Waals surface area contributed by atoms with E-state index in [-0.39, 0.29) is 15.9 Å². The van der Waals surface area contributed by atoms with Crippen LogP contribution in [0.1, 0.15) is 0 Å². The van der Waals surface area contributed by atoms with Crippen molar-refractivity contribution < 1.29 is 8.42 Å². The minimum Gasteiger partial charge on any atom is -0.399 e. The van der Waals surface area contributed by atoms with Crippen molar-refractivity contribution in [2.45, 2.75) is 4.90 Å². The summed E-state index contributed by atoms with van der Waals surface area (Å²) in [6.07, 6.45) is 0. The second-order valence-electron chi connectivity index (χ2n) is 3.52. The van der Waals surface area contributed by atoms with E-state index in [4.69, 9.17) is 17.3 Å². The number of hydrogen-bond donors (Lipinski definition) is 2. The molecule has 0 amide bonds. The summed E-state index contributed by atoms with van der Waals surface area (Å²) in [6, 6.07) is 10.5. The normalized spacial score (nSPS) is 11.2. The summed E-state index contributed by atoms with van der Waals surface area (Å²) in [7, 11) is -3.67. The molecule has 18 heavy (non-hydrogen) atoms. The molecule has 1 aromatic carbocycles. The number of benzene rings is 1. The Morgan fingerprint density at radius 3 is 2.39 bits per heavy atom. The molecular weight excluding hydrogens is 274 g/mol. The van der Waals surface area contributed by atoms with E-state index in [9.17, 15) is 8.42 Å². The van der Waals surface area contributed by atoms with E-state index in [1.807, 2.05) is 0 Å². The number of nitrogens with zero attached hydrogens (tertiary/aromatic N) is 1. The number of nitrogens with two attached hydrogens (primary N) is 1. The second kappa shape index (κ2) is 4.83. The molecular formula is C11H10ClN3O2S. The third kappa shape index (κ3) is 2.91. The minimum atomic E-state index is -3.67. The van der Waals surface area contributed by atoms with Gasteiger partial charge in [-0.15, -0.1) is 0 Å². The van der Waals surface area contributed by atoms with Crippen LogP contribution in [0.3, 0.4) is 0 Å². The van der Waals surface area contributed by atoms with Gasteiger partial charge in [0.25, 0.3) is 10.0 Å². The predicted molar refractivity (Wildman–Crippen MR) is 70.9 cm³/mol. The number of nitrogen functional groups attached to an aromatic ring is 1. The monoisotopic (exact) mass is 283 g/mol. The quantitative estimate of drug-likeness (QED) is 0.667. The zero-order valence-corrected chi connectivity index (χ0v) is 10.7. The van der Waals surface area contributed by atoms with Gasteiger partial charge in [0.1, 0.15) is 11.0 Å². The molecule has 0 atom stereocenters. The Balaban J connectivity index is 2.30. The average Bonchev–Trinajstić information content (AvgIpc) is 2.29. The van der Waals surface area contributed by atoms with E-state index in [1.165, 1.54) is 30.3 Å². The van der Waals surface area contributed by atoms with Crippen molar-refractivity contribution in [2.24, 2.45) is 0 Å². The molecule has 0 aliphatic carbocycles. The summed E-state index contributed by atoms with van der Waals surface area (Å²) in [5, 5.41) is 0.215. The first-order valence-electron chi connectivity index (χ1n) is 4.98. The molecule has 2 aromatic rings. The van der Waals surface area contributed by atoms with Crippen molar-refractivity contribution in [3.63, 3.8) is 0 Å². The van der Waals surface area contributed by atoms with Crippen LogP contribution in [0.15, 0.2) is 47.4 Å². The highest BCUT2D eigenvalue weighted by Crippen LogP contribution is 2.17. The largest absolute Gasteiger partial charge is 0.399 e. The highest BCUT2D eigenvalue weighted by atomic mass is 35.5. The molecule has 0 bridgehead atoms. The summed E-state index contributed by atoms with van der Waals surface area (Å²) in [5.74, 6) is 0.166. The molecule has 0 radical (unpaired) electrons. The van der Waals surface area contributed by atoms with E-state index < -0.39 is 10.0 Å². The van der Waals surface area contributed by atoms with Gasteiger partial charge in [0.05, 0.1) is 4.90 Å². The van der Waals surface area contributed by atoms with E-state index in [2.05, 4.69) is 9.71 Å². The summed E-state index contributed by atoms with van der Waals surface area (Å²) < 4.78 is 26.3. The number of aromatic nitrogens is 1. The molecule has 0 unspecified atom stereocenters. The van der Waals surface area contributed by atoms with Crippen LogP contribution in [0.5, 0.6) is 0 Å². The Hall–Kier alpha value is -1.79. The maximum absolute atomic E-state index is 12.0. The van der Waals surface area contributed by atoms with Crippen molar-refractivity contribution in [2.75, 3.05) is 10.5 Å². The van der Waals surface area contributed by atoms with Crippen LogP contribution in [0.25, 0.3) is 0 Å². The highest BCUT2D eigenvalue weighted by Gasteiger charge is 2.14. The van der Waals surface area contributed by atoms with Crippen LogP contribution in [0, 0.1) is 0 Å². The SMILES string of the molecule is Nc1ccc(S(=O)(=O)Nc2cccc(Cl)n2)cc1. The smallest absolute Gasteiger partial charge is 0.263 e. The molecule has 1 aromatic heterocycles. The molecule has 7 heteroatoms. The Morgan fingerprint density at radius 2 is 1.78 bits per heavy atom. The zero-order valence-electron chi connectivity index (χ0n) is 9.17. The number of pyridine rings is 1. The van der Waals surface area contributed by atoms with Gasteiger partial charge >= 0.3 is 0 Å². The minimum absolute atomic E-state index is 0.110. The van der Waals surface area contributed by atoms with Gasteiger partial charge in [-0.05, 0) is 36.4 Å². The number of rotatable bonds is 3. The fourth-order valence-corrected chi connectivity index (χ4v) is 2.47. The third-order valence-corrected chi connectivity index (χ3v) is 3.73. The molecule has 0 aliphatic rings. The molecule has 1 heterocycles. The van der Waals surface area contributed by atoms with Gasteiger partial charge in [0.15, 0.2) is 0 Å². The van der Waals surface area contributed by atoms with Gasteiger partial charge in [-0.1, -0.05) is 17.7 Å². The first-order valence-corrected chi connectivity index (χ1v) is 6.84. The van der Waals surface area contributed by atoms with Gasteiger partial charge in [0.2, 0.25) is 0 Å². The first-order chi connectivity index (χ1) is 8.47. The maximum Gasteiger partial charge on any atom is 0.263 e. The van der Waals surface area contributed by atoms with Crippen LogP contribution >= 0.6 is 11.6 Å². The lowest BCUT2D eigenvalue weighted by atomic mass is 10.3. The molecule has 2 rings (SSSR count). The summed E-state index contributed by atoms with van der Waals surface area (Å²) in [5.41, 5.74) is 5.99. The number of sulfonamides is 1. The molecule has 0 fully saturated rings. The van der Waals surface area contributed by atoms with Gasteiger partial charge in [-0.3, -0.25) is 4.72 Å². The Morgan fingerprint density at radius 1 is 1.11 bits per heavy atom. The highest BCUT2D eigenvalue weighted by molar-refractivity contribution is 7.92. The third-order valence-electron chi connectivity index (χ3n) is 2.14. The van der Waals surface area contributed by atoms with Gasteiger partial charge in [-0.25, -0.2) is 13.4 Å². The molecule has 3 N–H and O–H groups in total. The lowest BCUT2D eigenvalue weighted by Crippen LogP contribution is -2.13. The summed E-state index contributed by atoms with van der Waals surface area (Å²) in [6.45, 7) is 0. The average molecular weight is 284 g/mol. The predicted octanol–water partition coefficient (Wildman–Crippen LogP) is 2.12. The summed E-state index contributed by atoms with van der Waals surface area (Å²) in [4.78, 5) is 3.96. The molecule has 0 saturated heterocycles. The van der Waals surface area contributed by atoms with Crippen LogP contribution < -0.4 is 10.5 Å². The van der Waals surface area contributed by atoms with Crippen LogP contribution in [0.2, 0.25) is 5.15 Å². The number of hydrogen-bond acceptors (Lipinski definition) is 4. The molecule has 5 nitrogen and oxygen atoms in total. The lowest BCUT2D eigenvalue weighted by molar-refractivity contribution is 0.601. The van der Waals surface area contributed by atoms with Crippen molar-refractivity contribution >= 4 is 33.1 Å². The molecule has 94 valence electrons. The van der Waals surface area contributed by atoms with Gasteiger partial charge < -0.3 is 5.73 Å². The molecule has 0 aliphatic heterocycles. The Labute approximate surface area is 110 Å². The van der Waals surface area contributed by atoms with Crippen LogP contribution in [-0.2, 0) is 10.0 Å². The topological polar surface area (TPSA) is 85.1 Å². The van der Waals surface area contributed by atoms with Crippen LogP contribution in [0.4, 0.5) is 11.5 Å². The van der Waals surface area contributed by atoms with Crippen molar-refractivity contribution in [3.8, 4) is 0 Å². The van der Waals surface area contributed by atoms with Crippen molar-refractivity contribution in [1.82, 2.24) is 4.98 Å². The fraction of sp³-hybridized carbons (Fsp3) is 0. The number of anilines is 2. The van der Waals surface area contributed by atoms with E-state index in [0.717, 1.165) is 0 Å². The van der Waals surface area contributed by atoms with Crippen LogP contribution in [-0.4, -0.2) is 13.4 Å². The summed E-state index contributed by atoms with van der Waals surface area (Å²) >= 11 is 5.68. The Kier molecular flexibility index (Phi) is 3.40.